The van der Waals surface area contributed by atoms with Gasteiger partial charge in [-0.1, -0.05) is 18.6 Å². The third-order valence-corrected chi connectivity index (χ3v) is 7.76. The summed E-state index contributed by atoms with van der Waals surface area (Å²) in [6, 6.07) is 7.33. The van der Waals surface area contributed by atoms with Crippen molar-refractivity contribution >= 4 is 16.9 Å². The average Bonchev–Trinajstić information content (AvgIpc) is 3.47. The molecule has 6 atom stereocenters. The molecule has 2 fully saturated rings. The van der Waals surface area contributed by atoms with Crippen molar-refractivity contribution in [3.63, 3.8) is 0 Å². The van der Waals surface area contributed by atoms with Crippen molar-refractivity contribution in [3.05, 3.63) is 58.2 Å². The van der Waals surface area contributed by atoms with Crippen molar-refractivity contribution in [2.24, 2.45) is 17.8 Å². The Hall–Kier alpha value is -2.64. The smallest absolute Gasteiger partial charge is 0.286 e. The minimum Gasteiger partial charge on any atom is -0.464 e. The molecule has 2 aromatic rings. The summed E-state index contributed by atoms with van der Waals surface area (Å²) in [5.74, 6) is 0.526. The molecule has 2 heterocycles. The predicted molar refractivity (Wildman–Crippen MR) is 127 cm³/mol. The molecule has 7 nitrogen and oxygen atoms in total. The zero-order valence-corrected chi connectivity index (χ0v) is 19.6. The summed E-state index contributed by atoms with van der Waals surface area (Å²) in [5, 5.41) is 13.2. The normalized spacial score (nSPS) is 30.2. The number of carbonyl (C=O) groups excluding carboxylic acids is 1. The third-order valence-electron chi connectivity index (χ3n) is 7.76. The van der Waals surface area contributed by atoms with Gasteiger partial charge >= 0.3 is 0 Å². The zero-order valence-electron chi connectivity index (χ0n) is 19.6. The maximum Gasteiger partial charge on any atom is 0.286 e. The molecule has 182 valence electrons. The van der Waals surface area contributed by atoms with Crippen LogP contribution < -0.4 is 10.7 Å². The van der Waals surface area contributed by atoms with Crippen LogP contribution in [-0.2, 0) is 14.3 Å². The summed E-state index contributed by atoms with van der Waals surface area (Å²) >= 11 is 0. The minimum absolute atomic E-state index is 0.0235. The van der Waals surface area contributed by atoms with Crippen LogP contribution in [0.4, 0.5) is 0 Å². The van der Waals surface area contributed by atoms with Crippen LogP contribution in [0.5, 0.6) is 0 Å². The summed E-state index contributed by atoms with van der Waals surface area (Å²) in [6.45, 7) is 2.30. The van der Waals surface area contributed by atoms with Crippen molar-refractivity contribution in [2.45, 2.75) is 63.7 Å². The van der Waals surface area contributed by atoms with Crippen LogP contribution in [0.2, 0.25) is 0 Å². The number of hydrogen-bond donors (Lipinski definition) is 2. The van der Waals surface area contributed by atoms with Gasteiger partial charge in [0, 0.05) is 36.7 Å². The lowest BCUT2D eigenvalue weighted by atomic mass is 9.81. The largest absolute Gasteiger partial charge is 0.464 e. The van der Waals surface area contributed by atoms with Crippen LogP contribution in [0.1, 0.15) is 56.9 Å². The quantitative estimate of drug-likeness (QED) is 0.612. The lowest BCUT2D eigenvalue weighted by Crippen LogP contribution is -2.43. The first-order valence-corrected chi connectivity index (χ1v) is 12.5. The number of hydrogen-bond acceptors (Lipinski definition) is 6. The summed E-state index contributed by atoms with van der Waals surface area (Å²) in [4.78, 5) is 26.7. The van der Waals surface area contributed by atoms with Gasteiger partial charge in [-0.15, -0.1) is 0 Å². The van der Waals surface area contributed by atoms with Crippen molar-refractivity contribution in [3.8, 4) is 0 Å². The molecule has 2 saturated carbocycles. The van der Waals surface area contributed by atoms with Gasteiger partial charge in [0.15, 0.2) is 11.2 Å². The Balaban J connectivity index is 1.50. The molecule has 0 saturated heterocycles. The molecular weight excluding hydrogens is 434 g/mol. The van der Waals surface area contributed by atoms with Crippen LogP contribution in [0.3, 0.4) is 0 Å². The number of amides is 1. The van der Waals surface area contributed by atoms with Gasteiger partial charge in [-0.3, -0.25) is 9.59 Å². The van der Waals surface area contributed by atoms with E-state index >= 15 is 0 Å². The van der Waals surface area contributed by atoms with E-state index in [4.69, 9.17) is 13.9 Å². The zero-order chi connectivity index (χ0) is 23.7. The van der Waals surface area contributed by atoms with E-state index in [1.807, 2.05) is 19.1 Å². The number of rotatable bonds is 8. The molecule has 3 unspecified atom stereocenters. The van der Waals surface area contributed by atoms with Gasteiger partial charge in [-0.25, -0.2) is 0 Å². The van der Waals surface area contributed by atoms with E-state index in [2.05, 4.69) is 5.32 Å². The second-order valence-corrected chi connectivity index (χ2v) is 9.80. The van der Waals surface area contributed by atoms with E-state index in [1.54, 1.807) is 18.2 Å². The molecule has 1 amide bonds. The number of nitrogens with one attached hydrogen (secondary N) is 1. The number of benzene rings is 1. The average molecular weight is 468 g/mol. The second-order valence-electron chi connectivity index (χ2n) is 9.80. The highest BCUT2D eigenvalue weighted by atomic mass is 16.7. The molecule has 2 bridgehead atoms. The highest BCUT2D eigenvalue weighted by Gasteiger charge is 2.43. The Morgan fingerprint density at radius 1 is 1.24 bits per heavy atom. The maximum absolute atomic E-state index is 13.4. The van der Waals surface area contributed by atoms with Crippen LogP contribution in [-0.4, -0.2) is 36.6 Å². The molecular formula is C27H33NO6. The first-order chi connectivity index (χ1) is 16.6. The van der Waals surface area contributed by atoms with Crippen molar-refractivity contribution in [1.29, 1.82) is 0 Å². The fourth-order valence-electron chi connectivity index (χ4n) is 6.11. The van der Waals surface area contributed by atoms with Crippen LogP contribution in [0.25, 0.3) is 11.0 Å². The van der Waals surface area contributed by atoms with E-state index < -0.39 is 12.2 Å². The van der Waals surface area contributed by atoms with Crippen molar-refractivity contribution in [2.75, 3.05) is 13.2 Å². The Morgan fingerprint density at radius 2 is 2.09 bits per heavy atom. The molecule has 2 N–H and O–H groups in total. The summed E-state index contributed by atoms with van der Waals surface area (Å²) < 4.78 is 17.8. The van der Waals surface area contributed by atoms with Gasteiger partial charge in [-0.2, -0.15) is 0 Å². The first-order valence-electron chi connectivity index (χ1n) is 12.5. The Morgan fingerprint density at radius 3 is 2.82 bits per heavy atom. The highest BCUT2D eigenvalue weighted by Crippen LogP contribution is 2.45. The van der Waals surface area contributed by atoms with E-state index in [0.29, 0.717) is 47.8 Å². The number of fused-ring (bicyclic) bond motifs is 3. The van der Waals surface area contributed by atoms with Crippen LogP contribution >= 0.6 is 0 Å². The molecule has 1 aliphatic heterocycles. The minimum atomic E-state index is -0.696. The van der Waals surface area contributed by atoms with Crippen molar-refractivity contribution < 1.29 is 23.8 Å². The predicted octanol–water partition coefficient (Wildman–Crippen LogP) is 3.85. The molecule has 7 heteroatoms. The lowest BCUT2D eigenvalue weighted by molar-refractivity contribution is -0.167. The maximum atomic E-state index is 13.4. The number of aliphatic hydroxyl groups is 1. The fourth-order valence-corrected chi connectivity index (χ4v) is 6.11. The first kappa shape index (κ1) is 23.1. The van der Waals surface area contributed by atoms with Gasteiger partial charge in [0.05, 0.1) is 11.6 Å². The van der Waals surface area contributed by atoms with Crippen LogP contribution in [0.15, 0.2) is 51.6 Å². The molecule has 1 aromatic carbocycles. The number of carbonyl (C=O) groups is 1. The van der Waals surface area contributed by atoms with E-state index in [-0.39, 0.29) is 35.7 Å². The highest BCUT2D eigenvalue weighted by molar-refractivity contribution is 5.92. The molecule has 0 spiro atoms. The lowest BCUT2D eigenvalue weighted by Gasteiger charge is -2.37. The van der Waals surface area contributed by atoms with E-state index in [9.17, 15) is 14.7 Å². The van der Waals surface area contributed by atoms with Gasteiger partial charge in [0.25, 0.3) is 5.91 Å². The summed E-state index contributed by atoms with van der Waals surface area (Å²) in [7, 11) is 0. The Kier molecular flexibility index (Phi) is 6.75. The standard InChI is InChI=1S/C27H33NO6/c1-2-32-27-18(7-5-11-29)20(21-15-33-23-8-4-3-6-19(23)25(21)30)14-24(34-27)26(31)28-22-13-16-9-10-17(22)12-16/h3-4,6,8,14-18,20,22,27,29H,2,5,7,9-13H2,1H3,(H,28,31)/t16?,17?,18-,20-,22?,27+/m1/s1. The Bertz CT molecular complexity index is 1120. The van der Waals surface area contributed by atoms with E-state index in [1.165, 1.54) is 25.5 Å². The fraction of sp³-hybridized carbons (Fsp3) is 0.556. The molecule has 1 aromatic heterocycles. The number of ether oxygens (including phenoxy) is 2. The number of allylic oxidation sites excluding steroid dienone is 1. The van der Waals surface area contributed by atoms with E-state index in [0.717, 1.165) is 6.42 Å². The van der Waals surface area contributed by atoms with Crippen LogP contribution in [0, 0.1) is 17.8 Å². The Labute approximate surface area is 199 Å². The SMILES string of the molecule is CCO[C@H]1OC(C(=O)NC2CC3CCC2C3)=C[C@@H](c2coc3ccccc3c2=O)[C@H]1CCCO. The molecule has 5 rings (SSSR count). The number of para-hydroxylation sites is 1. The molecule has 0 radical (unpaired) electrons. The molecule has 2 aliphatic carbocycles. The van der Waals surface area contributed by atoms with Gasteiger partial charge in [-0.05, 0) is 69.1 Å². The van der Waals surface area contributed by atoms with Crippen molar-refractivity contribution in [1.82, 2.24) is 5.32 Å². The summed E-state index contributed by atoms with van der Waals surface area (Å²) in [6.07, 6.45) is 8.31. The topological polar surface area (TPSA) is 98.0 Å². The second kappa shape index (κ2) is 9.92. The third kappa shape index (κ3) is 4.39. The van der Waals surface area contributed by atoms with Gasteiger partial charge in [0.2, 0.25) is 6.29 Å². The van der Waals surface area contributed by atoms with Gasteiger partial charge in [0.1, 0.15) is 5.58 Å². The monoisotopic (exact) mass is 467 g/mol. The number of aliphatic hydroxyl groups excluding tert-OH is 1. The molecule has 3 aliphatic rings. The summed E-state index contributed by atoms with van der Waals surface area (Å²) in [5.41, 5.74) is 0.872. The molecule has 34 heavy (non-hydrogen) atoms. The van der Waals surface area contributed by atoms with Gasteiger partial charge < -0.3 is 24.3 Å².